The zero-order chi connectivity index (χ0) is 15.8. The van der Waals surface area contributed by atoms with E-state index in [1.54, 1.807) is 6.26 Å². The van der Waals surface area contributed by atoms with Gasteiger partial charge in [-0.1, -0.05) is 37.3 Å². The molecule has 1 fully saturated rings. The lowest BCUT2D eigenvalue weighted by molar-refractivity contribution is -0.132. The predicted octanol–water partition coefficient (Wildman–Crippen LogP) is 4.39. The minimum atomic E-state index is 0.215. The number of hydrogen-bond donors (Lipinski definition) is 0. The van der Waals surface area contributed by atoms with Gasteiger partial charge in [-0.15, -0.1) is 0 Å². The molecule has 1 saturated heterocycles. The number of piperidine rings is 1. The number of carbonyl (C=O) groups is 1. The van der Waals surface area contributed by atoms with Gasteiger partial charge >= 0.3 is 0 Å². The van der Waals surface area contributed by atoms with E-state index in [-0.39, 0.29) is 5.91 Å². The van der Waals surface area contributed by atoms with Gasteiger partial charge in [-0.3, -0.25) is 4.79 Å². The minimum absolute atomic E-state index is 0.215. The first-order valence-corrected chi connectivity index (χ1v) is 8.38. The van der Waals surface area contributed by atoms with Crippen LogP contribution in [-0.2, 0) is 11.2 Å². The molecule has 0 saturated carbocycles. The van der Waals surface area contributed by atoms with E-state index >= 15 is 0 Å². The number of benzene rings is 2. The van der Waals surface area contributed by atoms with Gasteiger partial charge < -0.3 is 9.32 Å². The summed E-state index contributed by atoms with van der Waals surface area (Å²) in [5, 5.41) is 3.43. The van der Waals surface area contributed by atoms with Crippen LogP contribution in [0.4, 0.5) is 0 Å². The second kappa shape index (κ2) is 5.73. The Kier molecular flexibility index (Phi) is 3.56. The highest BCUT2D eigenvalue weighted by Crippen LogP contribution is 2.30. The van der Waals surface area contributed by atoms with Crippen LogP contribution in [0.5, 0.6) is 0 Å². The number of carbonyl (C=O) groups excluding carboxylic acids is 1. The average molecular weight is 307 g/mol. The Morgan fingerprint density at radius 2 is 2.13 bits per heavy atom. The standard InChI is InChI=1S/C20H21NO2/c1-14-5-4-10-21(12-14)19(22)11-16-13-23-18-9-8-15-6-2-3-7-17(15)20(16)18/h2-3,6-9,13-14H,4-5,10-12H2,1H3. The molecule has 3 nitrogen and oxygen atoms in total. The van der Waals surface area contributed by atoms with E-state index < -0.39 is 0 Å². The van der Waals surface area contributed by atoms with Gasteiger partial charge in [-0.25, -0.2) is 0 Å². The zero-order valence-corrected chi connectivity index (χ0v) is 13.4. The van der Waals surface area contributed by atoms with Crippen LogP contribution in [-0.4, -0.2) is 23.9 Å². The first-order chi connectivity index (χ1) is 11.2. The van der Waals surface area contributed by atoms with Crippen molar-refractivity contribution in [2.45, 2.75) is 26.2 Å². The molecule has 1 atom stereocenters. The fraction of sp³-hybridized carbons (Fsp3) is 0.350. The number of fused-ring (bicyclic) bond motifs is 3. The SMILES string of the molecule is CC1CCCN(C(=O)Cc2coc3ccc4ccccc4c23)C1. The molecule has 4 rings (SSSR count). The van der Waals surface area contributed by atoms with Crippen LogP contribution in [0.1, 0.15) is 25.3 Å². The number of likely N-dealkylation sites (tertiary alicyclic amines) is 1. The van der Waals surface area contributed by atoms with Gasteiger partial charge in [0, 0.05) is 24.0 Å². The Morgan fingerprint density at radius 1 is 1.26 bits per heavy atom. The van der Waals surface area contributed by atoms with E-state index in [9.17, 15) is 4.79 Å². The van der Waals surface area contributed by atoms with Crippen molar-refractivity contribution in [3.63, 3.8) is 0 Å². The number of hydrogen-bond acceptors (Lipinski definition) is 2. The van der Waals surface area contributed by atoms with Crippen LogP contribution in [0.3, 0.4) is 0 Å². The average Bonchev–Trinajstić information content (AvgIpc) is 2.98. The monoisotopic (exact) mass is 307 g/mol. The summed E-state index contributed by atoms with van der Waals surface area (Å²) in [7, 11) is 0. The normalized spacial score (nSPS) is 18.7. The van der Waals surface area contributed by atoms with E-state index in [1.807, 2.05) is 23.1 Å². The van der Waals surface area contributed by atoms with Gasteiger partial charge in [-0.2, -0.15) is 0 Å². The molecule has 0 N–H and O–H groups in total. The van der Waals surface area contributed by atoms with Crippen molar-refractivity contribution in [2.24, 2.45) is 5.92 Å². The zero-order valence-electron chi connectivity index (χ0n) is 13.4. The van der Waals surface area contributed by atoms with Crippen LogP contribution in [0.15, 0.2) is 47.1 Å². The Morgan fingerprint density at radius 3 is 3.00 bits per heavy atom. The smallest absolute Gasteiger partial charge is 0.227 e. The van der Waals surface area contributed by atoms with Gasteiger partial charge in [0.1, 0.15) is 5.58 Å². The van der Waals surface area contributed by atoms with E-state index in [1.165, 1.54) is 11.8 Å². The molecule has 2 heterocycles. The number of nitrogens with zero attached hydrogens (tertiary/aromatic N) is 1. The Hall–Kier alpha value is -2.29. The summed E-state index contributed by atoms with van der Waals surface area (Å²) in [6, 6.07) is 12.3. The van der Waals surface area contributed by atoms with E-state index in [2.05, 4.69) is 25.1 Å². The molecule has 3 heteroatoms. The summed E-state index contributed by atoms with van der Waals surface area (Å²) in [6.45, 7) is 4.00. The fourth-order valence-electron chi connectivity index (χ4n) is 3.70. The number of furan rings is 1. The topological polar surface area (TPSA) is 33.5 Å². The van der Waals surface area contributed by atoms with Gasteiger partial charge in [0.2, 0.25) is 5.91 Å². The van der Waals surface area contributed by atoms with Crippen molar-refractivity contribution in [3.05, 3.63) is 48.2 Å². The molecule has 0 spiro atoms. The molecule has 0 aliphatic carbocycles. The lowest BCUT2D eigenvalue weighted by Gasteiger charge is -2.31. The van der Waals surface area contributed by atoms with Crippen molar-refractivity contribution in [3.8, 4) is 0 Å². The molecular weight excluding hydrogens is 286 g/mol. The fourth-order valence-corrected chi connectivity index (χ4v) is 3.70. The summed E-state index contributed by atoms with van der Waals surface area (Å²) in [5.41, 5.74) is 1.86. The van der Waals surface area contributed by atoms with Gasteiger partial charge in [0.25, 0.3) is 0 Å². The molecule has 118 valence electrons. The van der Waals surface area contributed by atoms with Gasteiger partial charge in [0.05, 0.1) is 12.7 Å². The summed E-state index contributed by atoms with van der Waals surface area (Å²) < 4.78 is 5.70. The van der Waals surface area contributed by atoms with Crippen LogP contribution in [0.25, 0.3) is 21.7 Å². The Balaban J connectivity index is 1.69. The van der Waals surface area contributed by atoms with Gasteiger partial charge in [0.15, 0.2) is 0 Å². The summed E-state index contributed by atoms with van der Waals surface area (Å²) in [6.07, 6.45) is 4.52. The third kappa shape index (κ3) is 2.61. The largest absolute Gasteiger partial charge is 0.464 e. The molecule has 3 aromatic rings. The first-order valence-electron chi connectivity index (χ1n) is 8.38. The molecule has 1 unspecified atom stereocenters. The highest BCUT2D eigenvalue weighted by molar-refractivity contribution is 6.08. The van der Waals surface area contributed by atoms with Crippen molar-refractivity contribution >= 4 is 27.6 Å². The summed E-state index contributed by atoms with van der Waals surface area (Å²) >= 11 is 0. The Bertz CT molecular complexity index is 864. The van der Waals surface area contributed by atoms with Crippen molar-refractivity contribution < 1.29 is 9.21 Å². The maximum Gasteiger partial charge on any atom is 0.227 e. The maximum absolute atomic E-state index is 12.7. The van der Waals surface area contributed by atoms with Crippen molar-refractivity contribution in [1.82, 2.24) is 4.90 Å². The van der Waals surface area contributed by atoms with Crippen LogP contribution in [0.2, 0.25) is 0 Å². The van der Waals surface area contributed by atoms with Crippen molar-refractivity contribution in [1.29, 1.82) is 0 Å². The van der Waals surface area contributed by atoms with E-state index in [4.69, 9.17) is 4.42 Å². The molecule has 2 aromatic carbocycles. The lowest BCUT2D eigenvalue weighted by atomic mass is 9.98. The second-order valence-electron chi connectivity index (χ2n) is 6.68. The number of rotatable bonds is 2. The number of amides is 1. The van der Waals surface area contributed by atoms with Gasteiger partial charge in [-0.05, 0) is 35.6 Å². The lowest BCUT2D eigenvalue weighted by Crippen LogP contribution is -2.39. The molecule has 1 aliphatic rings. The summed E-state index contributed by atoms with van der Waals surface area (Å²) in [4.78, 5) is 14.7. The molecular formula is C20H21NO2. The third-order valence-electron chi connectivity index (χ3n) is 4.89. The van der Waals surface area contributed by atoms with Crippen LogP contribution in [0, 0.1) is 5.92 Å². The molecule has 1 aliphatic heterocycles. The highest BCUT2D eigenvalue weighted by atomic mass is 16.3. The predicted molar refractivity (Wildman–Crippen MR) is 92.4 cm³/mol. The Labute approximate surface area is 135 Å². The van der Waals surface area contributed by atoms with Crippen molar-refractivity contribution in [2.75, 3.05) is 13.1 Å². The first kappa shape index (κ1) is 14.3. The minimum Gasteiger partial charge on any atom is -0.464 e. The highest BCUT2D eigenvalue weighted by Gasteiger charge is 2.22. The molecule has 1 aromatic heterocycles. The van der Waals surface area contributed by atoms with Crippen LogP contribution >= 0.6 is 0 Å². The molecule has 0 radical (unpaired) electrons. The molecule has 23 heavy (non-hydrogen) atoms. The third-order valence-corrected chi connectivity index (χ3v) is 4.89. The van der Waals surface area contributed by atoms with E-state index in [0.29, 0.717) is 12.3 Å². The van der Waals surface area contributed by atoms with E-state index in [0.717, 1.165) is 41.4 Å². The second-order valence-corrected chi connectivity index (χ2v) is 6.68. The molecule has 1 amide bonds. The quantitative estimate of drug-likeness (QED) is 0.703. The van der Waals surface area contributed by atoms with Crippen LogP contribution < -0.4 is 0 Å². The summed E-state index contributed by atoms with van der Waals surface area (Å²) in [5.74, 6) is 0.821. The maximum atomic E-state index is 12.7. The molecule has 0 bridgehead atoms.